The Bertz CT molecular complexity index is 1490. The lowest BCUT2D eigenvalue weighted by Crippen LogP contribution is -2.44. The molecule has 0 bridgehead atoms. The van der Waals surface area contributed by atoms with Gasteiger partial charge in [0.15, 0.2) is 0 Å². The summed E-state index contributed by atoms with van der Waals surface area (Å²) in [5, 5.41) is 0. The highest BCUT2D eigenvalue weighted by atomic mass is 19.4. The van der Waals surface area contributed by atoms with Crippen molar-refractivity contribution < 1.29 is 18.0 Å². The van der Waals surface area contributed by atoms with E-state index in [-0.39, 0.29) is 29.3 Å². The van der Waals surface area contributed by atoms with E-state index in [0.717, 1.165) is 11.8 Å². The van der Waals surface area contributed by atoms with Crippen molar-refractivity contribution in [1.29, 1.82) is 0 Å². The number of aromatic nitrogens is 3. The van der Waals surface area contributed by atoms with E-state index in [0.29, 0.717) is 29.9 Å². The minimum absolute atomic E-state index is 0.0889. The molecular weight excluding hydrogens is 457 g/mol. The van der Waals surface area contributed by atoms with Crippen LogP contribution in [-0.4, -0.2) is 31.5 Å². The van der Waals surface area contributed by atoms with Crippen LogP contribution < -0.4 is 5.56 Å². The first-order valence-electron chi connectivity index (χ1n) is 11.0. The first-order valence-corrected chi connectivity index (χ1v) is 11.0. The third-order valence-electron chi connectivity index (χ3n) is 6.09. The molecule has 35 heavy (non-hydrogen) atoms. The van der Waals surface area contributed by atoms with Gasteiger partial charge in [0.2, 0.25) is 0 Å². The van der Waals surface area contributed by atoms with Gasteiger partial charge >= 0.3 is 6.18 Å². The number of fused-ring (bicyclic) bond motifs is 1. The molecule has 9 heteroatoms. The molecule has 0 saturated heterocycles. The Morgan fingerprint density at radius 1 is 0.971 bits per heavy atom. The van der Waals surface area contributed by atoms with Gasteiger partial charge in [-0.1, -0.05) is 36.4 Å². The van der Waals surface area contributed by atoms with E-state index in [9.17, 15) is 22.8 Å². The number of imidazole rings is 1. The summed E-state index contributed by atoms with van der Waals surface area (Å²) in [4.78, 5) is 31.9. The fraction of sp³-hybridized carbons (Fsp3) is 0.192. The number of pyridine rings is 1. The number of carbonyl (C=O) groups excluding carboxylic acids is 1. The Morgan fingerprint density at radius 2 is 1.77 bits per heavy atom. The van der Waals surface area contributed by atoms with E-state index < -0.39 is 11.7 Å². The van der Waals surface area contributed by atoms with Gasteiger partial charge in [-0.2, -0.15) is 13.2 Å². The fourth-order valence-electron chi connectivity index (χ4n) is 4.40. The second-order valence-corrected chi connectivity index (χ2v) is 8.45. The van der Waals surface area contributed by atoms with Gasteiger partial charge in [-0.05, 0) is 47.9 Å². The molecule has 5 rings (SSSR count). The predicted molar refractivity (Wildman–Crippen MR) is 124 cm³/mol. The van der Waals surface area contributed by atoms with Gasteiger partial charge in [-0.25, -0.2) is 4.98 Å². The van der Waals surface area contributed by atoms with Crippen molar-refractivity contribution >= 4 is 5.91 Å². The summed E-state index contributed by atoms with van der Waals surface area (Å²) in [5.41, 5.74) is 1.69. The summed E-state index contributed by atoms with van der Waals surface area (Å²) in [6.07, 6.45) is -1.18. The van der Waals surface area contributed by atoms with Crippen LogP contribution in [0.4, 0.5) is 13.2 Å². The number of alkyl halides is 3. The molecule has 0 atom stereocenters. The molecule has 0 aliphatic carbocycles. The number of rotatable bonds is 4. The van der Waals surface area contributed by atoms with Crippen LogP contribution in [0, 0.1) is 6.92 Å². The largest absolute Gasteiger partial charge is 0.417 e. The summed E-state index contributed by atoms with van der Waals surface area (Å²) in [6, 6.07) is 15.4. The maximum absolute atomic E-state index is 13.5. The van der Waals surface area contributed by atoms with E-state index in [1.54, 1.807) is 64.5 Å². The Balaban J connectivity index is 1.42. The van der Waals surface area contributed by atoms with Crippen LogP contribution in [0.5, 0.6) is 0 Å². The molecule has 0 spiro atoms. The van der Waals surface area contributed by atoms with Crippen molar-refractivity contribution in [3.8, 4) is 16.8 Å². The molecule has 1 aliphatic heterocycles. The molecule has 2 aromatic heterocycles. The van der Waals surface area contributed by atoms with E-state index >= 15 is 0 Å². The third kappa shape index (κ3) is 4.25. The quantitative estimate of drug-likeness (QED) is 0.428. The average Bonchev–Trinajstić information content (AvgIpc) is 3.27. The number of halogens is 3. The Morgan fingerprint density at radius 3 is 2.51 bits per heavy atom. The van der Waals surface area contributed by atoms with E-state index in [1.165, 1.54) is 16.7 Å². The van der Waals surface area contributed by atoms with Crippen LogP contribution in [0.25, 0.3) is 16.8 Å². The second-order valence-electron chi connectivity index (χ2n) is 8.45. The fourth-order valence-corrected chi connectivity index (χ4v) is 4.40. The van der Waals surface area contributed by atoms with Crippen LogP contribution in [0.1, 0.15) is 27.3 Å². The zero-order valence-corrected chi connectivity index (χ0v) is 18.8. The molecule has 178 valence electrons. The lowest BCUT2D eigenvalue weighted by Gasteiger charge is -2.30. The molecule has 6 nitrogen and oxygen atoms in total. The van der Waals surface area contributed by atoms with E-state index in [4.69, 9.17) is 0 Å². The smallest absolute Gasteiger partial charge is 0.331 e. The molecule has 3 heterocycles. The SMILES string of the molecule is Cc1cn(-c2ccc3n(c2=O)CCN(Cc2cccc(-c4ccccc4C(F)(F)F)c2)C3=O)cn1. The van der Waals surface area contributed by atoms with Gasteiger partial charge in [0, 0.05) is 25.8 Å². The van der Waals surface area contributed by atoms with Crippen molar-refractivity contribution in [2.75, 3.05) is 6.54 Å². The van der Waals surface area contributed by atoms with Crippen molar-refractivity contribution in [1.82, 2.24) is 19.0 Å². The molecule has 0 saturated carbocycles. The first-order chi connectivity index (χ1) is 16.7. The molecule has 0 N–H and O–H groups in total. The summed E-state index contributed by atoms with van der Waals surface area (Å²) < 4.78 is 43.5. The van der Waals surface area contributed by atoms with Crippen LogP contribution in [0.3, 0.4) is 0 Å². The maximum atomic E-state index is 13.5. The minimum atomic E-state index is -4.47. The first kappa shape index (κ1) is 22.6. The molecule has 0 fully saturated rings. The average molecular weight is 478 g/mol. The van der Waals surface area contributed by atoms with Crippen molar-refractivity contribution in [2.24, 2.45) is 0 Å². The second kappa shape index (κ2) is 8.57. The summed E-state index contributed by atoms with van der Waals surface area (Å²) in [7, 11) is 0. The summed E-state index contributed by atoms with van der Waals surface area (Å²) in [5.74, 6) is -0.303. The summed E-state index contributed by atoms with van der Waals surface area (Å²) >= 11 is 0. The Labute approximate surface area is 198 Å². The summed E-state index contributed by atoms with van der Waals surface area (Å²) in [6.45, 7) is 2.67. The number of nitrogens with zero attached hydrogens (tertiary/aromatic N) is 4. The van der Waals surface area contributed by atoms with Gasteiger partial charge in [0.25, 0.3) is 11.5 Å². The van der Waals surface area contributed by atoms with E-state index in [1.807, 2.05) is 6.92 Å². The lowest BCUT2D eigenvalue weighted by molar-refractivity contribution is -0.137. The highest BCUT2D eigenvalue weighted by Crippen LogP contribution is 2.37. The number of hydrogen-bond acceptors (Lipinski definition) is 3. The van der Waals surface area contributed by atoms with Crippen LogP contribution in [0.15, 0.2) is 78.0 Å². The molecule has 0 unspecified atom stereocenters. The van der Waals surface area contributed by atoms with E-state index in [2.05, 4.69) is 4.98 Å². The number of hydrogen-bond donors (Lipinski definition) is 0. The van der Waals surface area contributed by atoms with Gasteiger partial charge in [0.05, 0.1) is 17.6 Å². The third-order valence-corrected chi connectivity index (χ3v) is 6.09. The standard InChI is InChI=1S/C26H21F3N4O2/c1-17-14-32(16-30-17)22-9-10-23-24(34)31(11-12-33(23)25(22)35)15-18-5-4-6-19(13-18)20-7-2-3-8-21(20)26(27,28)29/h2-10,13-14,16H,11-12,15H2,1H3. The van der Waals surface area contributed by atoms with Gasteiger partial charge in [-0.3, -0.25) is 9.59 Å². The Kier molecular flexibility index (Phi) is 5.55. The molecule has 1 aliphatic rings. The minimum Gasteiger partial charge on any atom is -0.331 e. The zero-order valence-electron chi connectivity index (χ0n) is 18.8. The Hall–Kier alpha value is -4.14. The molecule has 4 aromatic rings. The zero-order chi connectivity index (χ0) is 24.7. The lowest BCUT2D eigenvalue weighted by atomic mass is 9.97. The number of amides is 1. The highest BCUT2D eigenvalue weighted by Gasteiger charge is 2.33. The van der Waals surface area contributed by atoms with Gasteiger partial charge < -0.3 is 14.0 Å². The van der Waals surface area contributed by atoms with Crippen molar-refractivity contribution in [3.05, 3.63) is 106 Å². The topological polar surface area (TPSA) is 60.1 Å². The van der Waals surface area contributed by atoms with Crippen molar-refractivity contribution in [3.63, 3.8) is 0 Å². The molecule has 1 amide bonds. The molecule has 0 radical (unpaired) electrons. The number of benzene rings is 2. The maximum Gasteiger partial charge on any atom is 0.417 e. The molecule has 2 aromatic carbocycles. The van der Waals surface area contributed by atoms with Crippen LogP contribution in [-0.2, 0) is 19.3 Å². The van der Waals surface area contributed by atoms with Gasteiger partial charge in [-0.15, -0.1) is 0 Å². The highest BCUT2D eigenvalue weighted by molar-refractivity contribution is 5.93. The van der Waals surface area contributed by atoms with Crippen LogP contribution in [0.2, 0.25) is 0 Å². The van der Waals surface area contributed by atoms with Gasteiger partial charge in [0.1, 0.15) is 11.4 Å². The monoisotopic (exact) mass is 478 g/mol. The molecular formula is C26H21F3N4O2. The predicted octanol–water partition coefficient (Wildman–Crippen LogP) is 4.68. The number of carbonyl (C=O) groups is 1. The van der Waals surface area contributed by atoms with Crippen molar-refractivity contribution in [2.45, 2.75) is 26.2 Å². The number of aryl methyl sites for hydroxylation is 1. The van der Waals surface area contributed by atoms with Crippen LogP contribution >= 0.6 is 0 Å². The normalized spacial score (nSPS) is 13.7.